The lowest BCUT2D eigenvalue weighted by Gasteiger charge is -2.26. The molecule has 0 radical (unpaired) electrons. The summed E-state index contributed by atoms with van der Waals surface area (Å²) in [5, 5.41) is 4.43. The summed E-state index contributed by atoms with van der Waals surface area (Å²) in [6, 6.07) is 10.2. The Labute approximate surface area is 222 Å². The first-order valence-electron chi connectivity index (χ1n) is 12.5. The smallest absolute Gasteiger partial charge is 0.264 e. The van der Waals surface area contributed by atoms with Gasteiger partial charge in [-0.15, -0.1) is 0 Å². The van der Waals surface area contributed by atoms with E-state index in [-0.39, 0.29) is 29.6 Å². The Morgan fingerprint density at radius 1 is 1.08 bits per heavy atom. The molecule has 1 fully saturated rings. The van der Waals surface area contributed by atoms with Crippen molar-refractivity contribution in [3.63, 3.8) is 0 Å². The van der Waals surface area contributed by atoms with Gasteiger partial charge in [-0.3, -0.25) is 19.4 Å². The minimum atomic E-state index is -4.08. The van der Waals surface area contributed by atoms with Gasteiger partial charge in [-0.05, 0) is 55.0 Å². The Morgan fingerprint density at radius 2 is 1.82 bits per heavy atom. The molecular weight excluding hydrogens is 510 g/mol. The summed E-state index contributed by atoms with van der Waals surface area (Å²) >= 11 is 0. The molecule has 8 N–H and O–H groups in total. The first-order valence-corrected chi connectivity index (χ1v) is 14.0. The molecule has 0 unspecified atom stereocenters. The quantitative estimate of drug-likeness (QED) is 0.138. The molecule has 1 aliphatic heterocycles. The molecule has 13 heteroatoms. The normalized spacial score (nSPS) is 16.1. The molecular formula is C25H35N7O5S. The van der Waals surface area contributed by atoms with Crippen LogP contribution in [0, 0.1) is 0 Å². The molecule has 0 saturated carbocycles. The molecule has 38 heavy (non-hydrogen) atoms. The van der Waals surface area contributed by atoms with E-state index < -0.39 is 33.9 Å². The topological polar surface area (TPSA) is 203 Å². The minimum Gasteiger partial charge on any atom is -0.370 e. The summed E-state index contributed by atoms with van der Waals surface area (Å²) < 4.78 is 27.4. The number of carbonyl (C=O) groups excluding carboxylic acids is 3. The van der Waals surface area contributed by atoms with Gasteiger partial charge < -0.3 is 27.4 Å². The summed E-state index contributed by atoms with van der Waals surface area (Å²) in [6.45, 7) is 1.28. The van der Waals surface area contributed by atoms with Crippen LogP contribution >= 0.6 is 0 Å². The number of nitrogens with zero attached hydrogens (tertiary/aromatic N) is 2. The van der Waals surface area contributed by atoms with Gasteiger partial charge in [-0.2, -0.15) is 0 Å². The van der Waals surface area contributed by atoms with Gasteiger partial charge in [0, 0.05) is 26.1 Å². The van der Waals surface area contributed by atoms with Crippen LogP contribution in [0.3, 0.4) is 0 Å². The summed E-state index contributed by atoms with van der Waals surface area (Å²) in [6.07, 6.45) is 2.23. The molecule has 3 amide bonds. The van der Waals surface area contributed by atoms with E-state index in [2.05, 4.69) is 10.3 Å². The number of benzene rings is 2. The molecule has 0 bridgehead atoms. The number of likely N-dealkylation sites (tertiary alicyclic amines) is 1. The van der Waals surface area contributed by atoms with Crippen LogP contribution in [0.4, 0.5) is 0 Å². The Bertz CT molecular complexity index is 1290. The second kappa shape index (κ2) is 13.2. The van der Waals surface area contributed by atoms with Crippen molar-refractivity contribution in [1.29, 1.82) is 0 Å². The van der Waals surface area contributed by atoms with Crippen molar-refractivity contribution in [2.45, 2.75) is 55.5 Å². The van der Waals surface area contributed by atoms with Gasteiger partial charge in [-0.25, -0.2) is 13.1 Å². The molecule has 12 nitrogen and oxygen atoms in total. The van der Waals surface area contributed by atoms with E-state index in [9.17, 15) is 22.8 Å². The van der Waals surface area contributed by atoms with Gasteiger partial charge in [0.25, 0.3) is 10.0 Å². The maximum absolute atomic E-state index is 12.9. The van der Waals surface area contributed by atoms with Crippen LogP contribution in [0.15, 0.2) is 52.4 Å². The van der Waals surface area contributed by atoms with Gasteiger partial charge in [0.05, 0.1) is 10.9 Å². The largest absolute Gasteiger partial charge is 0.370 e. The summed E-state index contributed by atoms with van der Waals surface area (Å²) in [5.41, 5.74) is 16.6. The van der Waals surface area contributed by atoms with Crippen molar-refractivity contribution in [2.24, 2.45) is 22.2 Å². The zero-order valence-corrected chi connectivity index (χ0v) is 22.0. The summed E-state index contributed by atoms with van der Waals surface area (Å²) in [5.74, 6) is -1.45. The van der Waals surface area contributed by atoms with E-state index in [0.717, 1.165) is 10.8 Å². The summed E-state index contributed by atoms with van der Waals surface area (Å²) in [4.78, 5) is 43.2. The first kappa shape index (κ1) is 28.9. The van der Waals surface area contributed by atoms with Crippen molar-refractivity contribution >= 4 is 44.5 Å². The molecule has 2 aromatic carbocycles. The summed E-state index contributed by atoms with van der Waals surface area (Å²) in [7, 11) is -4.08. The lowest BCUT2D eigenvalue weighted by atomic mass is 10.1. The van der Waals surface area contributed by atoms with Crippen LogP contribution in [0.5, 0.6) is 0 Å². The minimum absolute atomic E-state index is 0.0227. The fourth-order valence-electron chi connectivity index (χ4n) is 4.29. The Morgan fingerprint density at radius 3 is 2.55 bits per heavy atom. The molecule has 0 aliphatic carbocycles. The highest BCUT2D eigenvalue weighted by Crippen LogP contribution is 2.20. The fraction of sp³-hybridized carbons (Fsp3) is 0.440. The maximum atomic E-state index is 12.9. The van der Waals surface area contributed by atoms with Crippen LogP contribution < -0.4 is 27.2 Å². The van der Waals surface area contributed by atoms with Crippen molar-refractivity contribution in [3.05, 3.63) is 42.5 Å². The number of nitrogens with two attached hydrogens (primary N) is 3. The second-order valence-electron chi connectivity index (χ2n) is 9.18. The molecule has 206 valence electrons. The zero-order valence-electron chi connectivity index (χ0n) is 21.1. The average molecular weight is 546 g/mol. The molecule has 2 atom stereocenters. The molecule has 3 rings (SSSR count). The van der Waals surface area contributed by atoms with Gasteiger partial charge in [-0.1, -0.05) is 30.3 Å². The lowest BCUT2D eigenvalue weighted by molar-refractivity contribution is -0.139. The van der Waals surface area contributed by atoms with E-state index in [1.165, 1.54) is 17.0 Å². The second-order valence-corrected chi connectivity index (χ2v) is 10.9. The van der Waals surface area contributed by atoms with Crippen LogP contribution in [0.1, 0.15) is 38.5 Å². The van der Waals surface area contributed by atoms with E-state index in [1.807, 2.05) is 16.9 Å². The molecule has 0 aromatic heterocycles. The van der Waals surface area contributed by atoms with E-state index in [1.54, 1.807) is 18.2 Å². The highest BCUT2D eigenvalue weighted by Gasteiger charge is 2.36. The van der Waals surface area contributed by atoms with Crippen molar-refractivity contribution in [2.75, 3.05) is 19.6 Å². The third kappa shape index (κ3) is 7.89. The third-order valence-corrected chi connectivity index (χ3v) is 7.67. The van der Waals surface area contributed by atoms with Gasteiger partial charge >= 0.3 is 0 Å². The number of hydrogen-bond acceptors (Lipinski definition) is 7. The lowest BCUT2D eigenvalue weighted by Crippen LogP contribution is -2.51. The highest BCUT2D eigenvalue weighted by molar-refractivity contribution is 7.90. The standard InChI is InChI=1S/C25H35N7O5S/c26-20(24(35)32-15-5-8-21(32)23(34)29-13-3-4-14-30-25(27)28)11-12-22(33)31-38(36,37)19-10-9-17-6-1-2-7-18(17)16-19/h1-2,6-7,9-10,16,20-21H,3-5,8,11-15,26H2,(H,29,34)(H,31,33)(H4,27,28,30)/t20-,21-/m0/s1. The number of nitrogens with one attached hydrogen (secondary N) is 2. The fourth-order valence-corrected chi connectivity index (χ4v) is 5.34. The van der Waals surface area contributed by atoms with Crippen molar-refractivity contribution in [1.82, 2.24) is 14.9 Å². The number of sulfonamides is 1. The zero-order chi connectivity index (χ0) is 27.7. The average Bonchev–Trinajstić information content (AvgIpc) is 3.38. The monoisotopic (exact) mass is 545 g/mol. The number of hydrogen-bond donors (Lipinski definition) is 5. The number of unbranched alkanes of at least 4 members (excludes halogenated alkanes) is 1. The van der Waals surface area contributed by atoms with Crippen LogP contribution in [-0.2, 0) is 24.4 Å². The van der Waals surface area contributed by atoms with Crippen LogP contribution in [0.25, 0.3) is 10.8 Å². The van der Waals surface area contributed by atoms with Crippen LogP contribution in [0.2, 0.25) is 0 Å². The van der Waals surface area contributed by atoms with Gasteiger partial charge in [0.2, 0.25) is 17.7 Å². The third-order valence-electron chi connectivity index (χ3n) is 6.30. The van der Waals surface area contributed by atoms with Crippen LogP contribution in [-0.4, -0.2) is 68.7 Å². The number of rotatable bonds is 12. The number of amides is 3. The number of guanidine groups is 1. The Balaban J connectivity index is 1.47. The van der Waals surface area contributed by atoms with Crippen molar-refractivity contribution in [3.8, 4) is 0 Å². The van der Waals surface area contributed by atoms with E-state index >= 15 is 0 Å². The Hall–Kier alpha value is -3.71. The predicted octanol–water partition coefficient (Wildman–Crippen LogP) is -0.0870. The maximum Gasteiger partial charge on any atom is 0.264 e. The Kier molecular flexibility index (Phi) is 10.0. The molecule has 1 aliphatic rings. The first-order chi connectivity index (χ1) is 18.1. The highest BCUT2D eigenvalue weighted by atomic mass is 32.2. The predicted molar refractivity (Wildman–Crippen MR) is 144 cm³/mol. The van der Waals surface area contributed by atoms with E-state index in [4.69, 9.17) is 17.2 Å². The number of carbonyl (C=O) groups is 3. The van der Waals surface area contributed by atoms with Crippen molar-refractivity contribution < 1.29 is 22.8 Å². The molecule has 1 saturated heterocycles. The molecule has 0 spiro atoms. The molecule has 2 aromatic rings. The van der Waals surface area contributed by atoms with Gasteiger partial charge in [0.1, 0.15) is 6.04 Å². The SMILES string of the molecule is NC(N)=NCCCCNC(=O)[C@@H]1CCCN1C(=O)[C@@H](N)CCC(=O)NS(=O)(=O)c1ccc2ccccc2c1. The van der Waals surface area contributed by atoms with Gasteiger partial charge in [0.15, 0.2) is 5.96 Å². The number of aliphatic imine (C=N–C) groups is 1. The molecule has 1 heterocycles. The number of fused-ring (bicyclic) bond motifs is 1. The van der Waals surface area contributed by atoms with E-state index in [0.29, 0.717) is 45.3 Å².